The molecule has 0 heterocycles. The van der Waals surface area contributed by atoms with Crippen LogP contribution in [0.4, 0.5) is 13.2 Å². The summed E-state index contributed by atoms with van der Waals surface area (Å²) in [5, 5.41) is 8.40. The largest absolute Gasteiger partial charge is 0.442 e. The topological polar surface area (TPSA) is 40.9 Å². The van der Waals surface area contributed by atoms with Crippen LogP contribution in [-0.2, 0) is 6.42 Å². The molecule has 0 saturated carbocycles. The van der Waals surface area contributed by atoms with Crippen molar-refractivity contribution < 1.29 is 18.0 Å². The van der Waals surface area contributed by atoms with E-state index in [9.17, 15) is 18.0 Å². The first kappa shape index (κ1) is 14.6. The van der Waals surface area contributed by atoms with Crippen molar-refractivity contribution in [3.8, 4) is 6.07 Å². The van der Waals surface area contributed by atoms with E-state index in [2.05, 4.69) is 0 Å². The van der Waals surface area contributed by atoms with Gasteiger partial charge in [-0.2, -0.15) is 18.4 Å². The van der Waals surface area contributed by atoms with E-state index in [4.69, 9.17) is 5.26 Å². The summed E-state index contributed by atoms with van der Waals surface area (Å²) in [4.78, 5) is 11.4. The molecule has 0 aliphatic carbocycles. The summed E-state index contributed by atoms with van der Waals surface area (Å²) in [5.74, 6) is -1.16. The number of carbonyl (C=O) groups is 1. The van der Waals surface area contributed by atoms with Crippen LogP contribution in [0.5, 0.6) is 0 Å². The van der Waals surface area contributed by atoms with Crippen molar-refractivity contribution in [1.29, 1.82) is 5.26 Å². The maximum absolute atomic E-state index is 11.9. The lowest BCUT2D eigenvalue weighted by Gasteiger charge is -2.05. The monoisotopic (exact) mass is 273 g/mol. The summed E-state index contributed by atoms with van der Waals surface area (Å²) < 4.78 is 35.7. The predicted molar refractivity (Wildman–Crippen MR) is 63.2 cm³/mol. The van der Waals surface area contributed by atoms with E-state index in [0.717, 1.165) is 5.56 Å². The number of alkyl halides is 3. The highest BCUT2D eigenvalue weighted by atomic mass is 32.2. The smallest absolute Gasteiger partial charge is 0.293 e. The van der Waals surface area contributed by atoms with Gasteiger partial charge in [0.25, 0.3) is 0 Å². The minimum atomic E-state index is -4.39. The van der Waals surface area contributed by atoms with Crippen LogP contribution in [0.15, 0.2) is 24.3 Å². The van der Waals surface area contributed by atoms with Gasteiger partial charge in [-0.1, -0.05) is 24.3 Å². The highest BCUT2D eigenvalue weighted by molar-refractivity contribution is 8.00. The zero-order chi connectivity index (χ0) is 13.6. The molecular weight excluding hydrogens is 263 g/mol. The first-order chi connectivity index (χ1) is 8.42. The molecule has 18 heavy (non-hydrogen) atoms. The second kappa shape index (κ2) is 6.45. The van der Waals surface area contributed by atoms with Crippen molar-refractivity contribution in [2.45, 2.75) is 18.3 Å². The van der Waals surface area contributed by atoms with Crippen LogP contribution in [0.1, 0.15) is 22.3 Å². The Morgan fingerprint density at radius 1 is 1.28 bits per heavy atom. The minimum Gasteiger partial charge on any atom is -0.293 e. The van der Waals surface area contributed by atoms with Gasteiger partial charge in [-0.25, -0.2) is 0 Å². The number of rotatable bonds is 5. The molecule has 0 atom stereocenters. The van der Waals surface area contributed by atoms with Crippen LogP contribution < -0.4 is 0 Å². The Balaban J connectivity index is 2.57. The van der Waals surface area contributed by atoms with E-state index in [1.807, 2.05) is 6.07 Å². The first-order valence-electron chi connectivity index (χ1n) is 5.12. The summed E-state index contributed by atoms with van der Waals surface area (Å²) in [6.07, 6.45) is 0.944. The van der Waals surface area contributed by atoms with Gasteiger partial charge in [0, 0.05) is 12.0 Å². The number of hydrogen-bond acceptors (Lipinski definition) is 3. The summed E-state index contributed by atoms with van der Waals surface area (Å²) in [7, 11) is 0. The second-order valence-electron chi connectivity index (χ2n) is 3.51. The van der Waals surface area contributed by atoms with Crippen LogP contribution in [0, 0.1) is 11.3 Å². The molecule has 0 unspecified atom stereocenters. The van der Waals surface area contributed by atoms with Crippen molar-refractivity contribution in [3.05, 3.63) is 35.4 Å². The zero-order valence-electron chi connectivity index (χ0n) is 9.33. The van der Waals surface area contributed by atoms with Gasteiger partial charge in [-0.3, -0.25) is 4.79 Å². The second-order valence-corrected chi connectivity index (χ2v) is 4.55. The molecule has 0 amide bonds. The van der Waals surface area contributed by atoms with E-state index in [0.29, 0.717) is 12.8 Å². The maximum Gasteiger partial charge on any atom is 0.442 e. The van der Waals surface area contributed by atoms with Crippen molar-refractivity contribution in [2.24, 2.45) is 0 Å². The lowest BCUT2D eigenvalue weighted by atomic mass is 10.1. The van der Waals surface area contributed by atoms with Gasteiger partial charge in [0.1, 0.15) is 0 Å². The molecule has 6 heteroatoms. The Labute approximate surface area is 107 Å². The standard InChI is InChI=1S/C12H10F3NOS/c13-12(14,15)18-8-11(17)10-5-3-9(4-6-10)2-1-7-16/h3-6H,1-2,8H2. The summed E-state index contributed by atoms with van der Waals surface area (Å²) >= 11 is -0.338. The third-order valence-corrected chi connectivity index (χ3v) is 2.90. The van der Waals surface area contributed by atoms with Crippen LogP contribution in [0.3, 0.4) is 0 Å². The first-order valence-corrected chi connectivity index (χ1v) is 6.11. The number of nitriles is 1. The van der Waals surface area contributed by atoms with Gasteiger partial charge in [0.15, 0.2) is 5.78 Å². The molecular formula is C12H10F3NOS. The summed E-state index contributed by atoms with van der Waals surface area (Å²) in [6, 6.07) is 8.29. The lowest BCUT2D eigenvalue weighted by Crippen LogP contribution is -2.09. The number of carbonyl (C=O) groups excluding carboxylic acids is 1. The molecule has 2 nitrogen and oxygen atoms in total. The van der Waals surface area contributed by atoms with Gasteiger partial charge in [0.05, 0.1) is 11.8 Å². The molecule has 0 aliphatic rings. The highest BCUT2D eigenvalue weighted by Gasteiger charge is 2.29. The third-order valence-electron chi connectivity index (χ3n) is 2.17. The number of hydrogen-bond donors (Lipinski definition) is 0. The molecule has 96 valence electrons. The average molecular weight is 273 g/mol. The van der Waals surface area contributed by atoms with Gasteiger partial charge in [-0.15, -0.1) is 0 Å². The fourth-order valence-corrected chi connectivity index (χ4v) is 1.75. The van der Waals surface area contributed by atoms with Crippen LogP contribution in [0.25, 0.3) is 0 Å². The number of nitrogens with zero attached hydrogens (tertiary/aromatic N) is 1. The number of thioether (sulfide) groups is 1. The Bertz CT molecular complexity index is 448. The Kier molecular flexibility index (Phi) is 5.23. The quantitative estimate of drug-likeness (QED) is 0.770. The molecule has 0 fully saturated rings. The SMILES string of the molecule is N#CCCc1ccc(C(=O)CSC(F)(F)F)cc1. The Hall–Kier alpha value is -1.48. The van der Waals surface area contributed by atoms with Crippen molar-refractivity contribution in [2.75, 3.05) is 5.75 Å². The van der Waals surface area contributed by atoms with E-state index in [1.165, 1.54) is 12.1 Å². The van der Waals surface area contributed by atoms with Gasteiger partial charge >= 0.3 is 5.51 Å². The van der Waals surface area contributed by atoms with Crippen LogP contribution in [0.2, 0.25) is 0 Å². The molecule has 0 saturated heterocycles. The molecule has 0 spiro atoms. The van der Waals surface area contributed by atoms with Gasteiger partial charge < -0.3 is 0 Å². The highest BCUT2D eigenvalue weighted by Crippen LogP contribution is 2.30. The fraction of sp³-hybridized carbons (Fsp3) is 0.333. The maximum atomic E-state index is 11.9. The summed E-state index contributed by atoms with van der Waals surface area (Å²) in [5.41, 5.74) is -3.24. The molecule has 0 N–H and O–H groups in total. The van der Waals surface area contributed by atoms with Crippen molar-refractivity contribution in [3.63, 3.8) is 0 Å². The third kappa shape index (κ3) is 5.23. The van der Waals surface area contributed by atoms with E-state index >= 15 is 0 Å². The van der Waals surface area contributed by atoms with Crippen molar-refractivity contribution >= 4 is 17.5 Å². The molecule has 0 aliphatic heterocycles. The lowest BCUT2D eigenvalue weighted by molar-refractivity contribution is -0.0327. The average Bonchev–Trinajstić information content (AvgIpc) is 2.33. The number of Topliss-reactive ketones (excluding diaryl/α,β-unsaturated/α-hetero) is 1. The van der Waals surface area contributed by atoms with Crippen molar-refractivity contribution in [1.82, 2.24) is 0 Å². The zero-order valence-corrected chi connectivity index (χ0v) is 10.1. The van der Waals surface area contributed by atoms with Gasteiger partial charge in [-0.05, 0) is 23.7 Å². The van der Waals surface area contributed by atoms with Gasteiger partial charge in [0.2, 0.25) is 0 Å². The minimum absolute atomic E-state index is 0.257. The van der Waals surface area contributed by atoms with E-state index in [-0.39, 0.29) is 17.3 Å². The number of halogens is 3. The Morgan fingerprint density at radius 2 is 1.89 bits per heavy atom. The number of ketones is 1. The number of benzene rings is 1. The molecule has 1 rings (SSSR count). The molecule has 1 aromatic rings. The molecule has 1 aromatic carbocycles. The predicted octanol–water partition coefficient (Wildman–Crippen LogP) is 3.58. The molecule has 0 radical (unpaired) electrons. The summed E-state index contributed by atoms with van der Waals surface area (Å²) in [6.45, 7) is 0. The van der Waals surface area contributed by atoms with Crippen LogP contribution in [-0.4, -0.2) is 17.0 Å². The van der Waals surface area contributed by atoms with E-state index < -0.39 is 17.0 Å². The Morgan fingerprint density at radius 3 is 2.39 bits per heavy atom. The van der Waals surface area contributed by atoms with E-state index in [1.54, 1.807) is 12.1 Å². The molecule has 0 aromatic heterocycles. The van der Waals surface area contributed by atoms with Crippen LogP contribution >= 0.6 is 11.8 Å². The fourth-order valence-electron chi connectivity index (χ4n) is 1.29. The normalized spacial score (nSPS) is 11.0. The number of aryl methyl sites for hydroxylation is 1. The molecule has 0 bridgehead atoms.